The number of carbonyl (C=O) groups is 1. The fourth-order valence-corrected chi connectivity index (χ4v) is 1.94. The zero-order valence-electron chi connectivity index (χ0n) is 10.5. The van der Waals surface area contributed by atoms with Crippen molar-refractivity contribution in [3.63, 3.8) is 0 Å². The van der Waals surface area contributed by atoms with Crippen molar-refractivity contribution in [1.29, 1.82) is 0 Å². The van der Waals surface area contributed by atoms with Gasteiger partial charge in [0.1, 0.15) is 0 Å². The topological polar surface area (TPSA) is 44.4 Å². The molecule has 0 saturated carbocycles. The third-order valence-electron chi connectivity index (χ3n) is 2.96. The SMILES string of the molecule is C[C@H]1NCCC[C@H]1C(=O)NCCN(C)C.Cl. The van der Waals surface area contributed by atoms with Gasteiger partial charge in [-0.2, -0.15) is 0 Å². The summed E-state index contributed by atoms with van der Waals surface area (Å²) >= 11 is 0. The Bertz CT molecular complexity index is 211. The number of nitrogens with one attached hydrogen (secondary N) is 2. The molecule has 0 aromatic heterocycles. The highest BCUT2D eigenvalue weighted by atomic mass is 35.5. The molecule has 96 valence electrons. The van der Waals surface area contributed by atoms with Crippen LogP contribution >= 0.6 is 12.4 Å². The Kier molecular flexibility index (Phi) is 7.72. The van der Waals surface area contributed by atoms with E-state index in [2.05, 4.69) is 22.5 Å². The molecular formula is C11H24ClN3O. The minimum absolute atomic E-state index is 0. The summed E-state index contributed by atoms with van der Waals surface area (Å²) in [5.41, 5.74) is 0. The Hall–Kier alpha value is -0.320. The second kappa shape index (κ2) is 7.87. The van der Waals surface area contributed by atoms with E-state index in [1.807, 2.05) is 14.1 Å². The summed E-state index contributed by atoms with van der Waals surface area (Å²) in [6.07, 6.45) is 2.12. The molecule has 0 bridgehead atoms. The Labute approximate surface area is 105 Å². The molecule has 0 radical (unpaired) electrons. The summed E-state index contributed by atoms with van der Waals surface area (Å²) < 4.78 is 0. The Morgan fingerprint density at radius 2 is 2.19 bits per heavy atom. The van der Waals surface area contributed by atoms with E-state index in [1.54, 1.807) is 0 Å². The summed E-state index contributed by atoms with van der Waals surface area (Å²) in [6.45, 7) is 4.79. The Balaban J connectivity index is 0.00000225. The van der Waals surface area contributed by atoms with Gasteiger partial charge in [-0.05, 0) is 40.4 Å². The summed E-state index contributed by atoms with van der Waals surface area (Å²) in [6, 6.07) is 0.318. The number of rotatable bonds is 4. The van der Waals surface area contributed by atoms with Crippen molar-refractivity contribution < 1.29 is 4.79 Å². The molecule has 1 fully saturated rings. The Morgan fingerprint density at radius 3 is 2.75 bits per heavy atom. The van der Waals surface area contributed by atoms with Crippen molar-refractivity contribution in [2.24, 2.45) is 5.92 Å². The van der Waals surface area contributed by atoms with Gasteiger partial charge in [0.15, 0.2) is 0 Å². The van der Waals surface area contributed by atoms with E-state index >= 15 is 0 Å². The number of hydrogen-bond acceptors (Lipinski definition) is 3. The van der Waals surface area contributed by atoms with Crippen molar-refractivity contribution >= 4 is 18.3 Å². The van der Waals surface area contributed by atoms with Crippen LogP contribution in [-0.4, -0.2) is 50.6 Å². The molecule has 5 heteroatoms. The lowest BCUT2D eigenvalue weighted by Gasteiger charge is -2.29. The Morgan fingerprint density at radius 1 is 1.50 bits per heavy atom. The molecule has 1 rings (SSSR count). The van der Waals surface area contributed by atoms with Gasteiger partial charge in [-0.1, -0.05) is 0 Å². The highest BCUT2D eigenvalue weighted by Gasteiger charge is 2.26. The molecule has 2 atom stereocenters. The molecule has 0 spiro atoms. The van der Waals surface area contributed by atoms with Crippen molar-refractivity contribution in [3.05, 3.63) is 0 Å². The van der Waals surface area contributed by atoms with Crippen molar-refractivity contribution in [2.75, 3.05) is 33.7 Å². The van der Waals surface area contributed by atoms with Gasteiger partial charge in [-0.3, -0.25) is 4.79 Å². The molecule has 1 aliphatic rings. The molecular weight excluding hydrogens is 226 g/mol. The maximum Gasteiger partial charge on any atom is 0.224 e. The minimum Gasteiger partial charge on any atom is -0.355 e. The van der Waals surface area contributed by atoms with Crippen LogP contribution in [0.25, 0.3) is 0 Å². The highest BCUT2D eigenvalue weighted by Crippen LogP contribution is 2.15. The third-order valence-corrected chi connectivity index (χ3v) is 2.96. The second-order valence-corrected chi connectivity index (χ2v) is 4.59. The van der Waals surface area contributed by atoms with Gasteiger partial charge in [0.05, 0.1) is 5.92 Å². The average molecular weight is 250 g/mol. The van der Waals surface area contributed by atoms with Gasteiger partial charge in [0, 0.05) is 19.1 Å². The van der Waals surface area contributed by atoms with Gasteiger partial charge in [-0.25, -0.2) is 0 Å². The number of nitrogens with zero attached hydrogens (tertiary/aromatic N) is 1. The van der Waals surface area contributed by atoms with Crippen molar-refractivity contribution in [3.8, 4) is 0 Å². The average Bonchev–Trinajstić information content (AvgIpc) is 2.17. The van der Waals surface area contributed by atoms with Crippen LogP contribution in [0.15, 0.2) is 0 Å². The highest BCUT2D eigenvalue weighted by molar-refractivity contribution is 5.85. The molecule has 4 nitrogen and oxygen atoms in total. The predicted molar refractivity (Wildman–Crippen MR) is 69.0 cm³/mol. The lowest BCUT2D eigenvalue weighted by molar-refractivity contribution is -0.126. The van der Waals surface area contributed by atoms with Crippen molar-refractivity contribution in [1.82, 2.24) is 15.5 Å². The molecule has 0 aromatic rings. The van der Waals surface area contributed by atoms with Crippen LogP contribution in [0, 0.1) is 5.92 Å². The van der Waals surface area contributed by atoms with Crippen LogP contribution in [0.5, 0.6) is 0 Å². The maximum absolute atomic E-state index is 11.8. The summed E-state index contributed by atoms with van der Waals surface area (Å²) in [7, 11) is 4.02. The van der Waals surface area contributed by atoms with Crippen LogP contribution in [-0.2, 0) is 4.79 Å². The standard InChI is InChI=1S/C11H23N3O.ClH/c1-9-10(5-4-6-12-9)11(15)13-7-8-14(2)3;/h9-10,12H,4-8H2,1-3H3,(H,13,15);1H/t9-,10-;/m1./s1. The monoisotopic (exact) mass is 249 g/mol. The maximum atomic E-state index is 11.8. The normalized spacial score (nSPS) is 25.0. The summed E-state index contributed by atoms with van der Waals surface area (Å²) in [4.78, 5) is 13.9. The van der Waals surface area contributed by atoms with E-state index in [0.717, 1.165) is 32.5 Å². The van der Waals surface area contributed by atoms with Crippen LogP contribution in [0.4, 0.5) is 0 Å². The molecule has 0 aromatic carbocycles. The molecule has 0 aliphatic carbocycles. The quantitative estimate of drug-likeness (QED) is 0.762. The van der Waals surface area contributed by atoms with Crippen LogP contribution < -0.4 is 10.6 Å². The third kappa shape index (κ3) is 5.14. The lowest BCUT2D eigenvalue weighted by atomic mass is 9.91. The molecule has 1 saturated heterocycles. The van der Waals surface area contributed by atoms with Crippen LogP contribution in [0.1, 0.15) is 19.8 Å². The van der Waals surface area contributed by atoms with Gasteiger partial charge in [0.2, 0.25) is 5.91 Å². The number of amides is 1. The zero-order chi connectivity index (χ0) is 11.3. The van der Waals surface area contributed by atoms with Gasteiger partial charge in [-0.15, -0.1) is 12.4 Å². The largest absolute Gasteiger partial charge is 0.355 e. The first kappa shape index (κ1) is 15.7. The van der Waals surface area contributed by atoms with Crippen molar-refractivity contribution in [2.45, 2.75) is 25.8 Å². The van der Waals surface area contributed by atoms with E-state index in [0.29, 0.717) is 6.04 Å². The number of hydrogen-bond donors (Lipinski definition) is 2. The first-order chi connectivity index (χ1) is 7.11. The molecule has 1 amide bonds. The van der Waals surface area contributed by atoms with Gasteiger partial charge in [0.25, 0.3) is 0 Å². The minimum atomic E-state index is 0. The summed E-state index contributed by atoms with van der Waals surface area (Å²) in [5.74, 6) is 0.359. The second-order valence-electron chi connectivity index (χ2n) is 4.59. The summed E-state index contributed by atoms with van der Waals surface area (Å²) in [5, 5.41) is 6.33. The van der Waals surface area contributed by atoms with E-state index in [1.165, 1.54) is 0 Å². The number of carbonyl (C=O) groups excluding carboxylic acids is 1. The molecule has 16 heavy (non-hydrogen) atoms. The molecule has 2 N–H and O–H groups in total. The fourth-order valence-electron chi connectivity index (χ4n) is 1.94. The van der Waals surface area contributed by atoms with Crippen LogP contribution in [0.2, 0.25) is 0 Å². The lowest BCUT2D eigenvalue weighted by Crippen LogP contribution is -2.47. The number of likely N-dealkylation sites (N-methyl/N-ethyl adjacent to an activating group) is 1. The van der Waals surface area contributed by atoms with Gasteiger partial charge < -0.3 is 15.5 Å². The first-order valence-corrected chi connectivity index (χ1v) is 5.77. The van der Waals surface area contributed by atoms with E-state index in [-0.39, 0.29) is 24.2 Å². The molecule has 0 unspecified atom stereocenters. The smallest absolute Gasteiger partial charge is 0.224 e. The molecule has 1 aliphatic heterocycles. The van der Waals surface area contributed by atoms with Gasteiger partial charge >= 0.3 is 0 Å². The van der Waals surface area contributed by atoms with E-state index < -0.39 is 0 Å². The fraction of sp³-hybridized carbons (Fsp3) is 0.909. The number of halogens is 1. The van der Waals surface area contributed by atoms with E-state index in [4.69, 9.17) is 0 Å². The van der Waals surface area contributed by atoms with E-state index in [9.17, 15) is 4.79 Å². The van der Waals surface area contributed by atoms with Crippen LogP contribution in [0.3, 0.4) is 0 Å². The molecule has 1 heterocycles. The number of piperidine rings is 1. The first-order valence-electron chi connectivity index (χ1n) is 5.77. The predicted octanol–water partition coefficient (Wildman–Crippen LogP) is 0.474. The zero-order valence-corrected chi connectivity index (χ0v) is 11.3.